The third-order valence-electron chi connectivity index (χ3n) is 3.55. The van der Waals surface area contributed by atoms with Crippen molar-refractivity contribution in [2.75, 3.05) is 0 Å². The molecule has 23 heavy (non-hydrogen) atoms. The number of amides is 1. The summed E-state index contributed by atoms with van der Waals surface area (Å²) in [6, 6.07) is 18.0. The fourth-order valence-electron chi connectivity index (χ4n) is 2.52. The topological polar surface area (TPSA) is 102 Å². The molecule has 0 aliphatic heterocycles. The van der Waals surface area contributed by atoms with Crippen LogP contribution in [0.2, 0.25) is 0 Å². The number of aromatic hydroxyl groups is 1. The van der Waals surface area contributed by atoms with Crippen molar-refractivity contribution < 1.29 is 9.90 Å². The number of guanidine groups is 1. The number of carbonyl (C=O) groups excluding carboxylic acids is 1. The second-order valence-electron chi connectivity index (χ2n) is 5.10. The van der Waals surface area contributed by atoms with Crippen LogP contribution < -0.4 is 11.5 Å². The van der Waals surface area contributed by atoms with Crippen molar-refractivity contribution in [1.29, 1.82) is 0 Å². The predicted molar refractivity (Wildman–Crippen MR) is 91.2 cm³/mol. The van der Waals surface area contributed by atoms with Crippen molar-refractivity contribution in [3.05, 3.63) is 66.2 Å². The number of aliphatic imine (C=N–C) groups is 1. The van der Waals surface area contributed by atoms with E-state index in [4.69, 9.17) is 11.5 Å². The van der Waals surface area contributed by atoms with Crippen LogP contribution in [0.4, 0.5) is 0 Å². The van der Waals surface area contributed by atoms with E-state index < -0.39 is 5.91 Å². The molecule has 3 rings (SSSR count). The second-order valence-corrected chi connectivity index (χ2v) is 5.10. The number of rotatable bonds is 2. The Morgan fingerprint density at radius 3 is 2.39 bits per heavy atom. The number of phenolic OH excluding ortho intramolecular Hbond substituents is 1. The zero-order valence-electron chi connectivity index (χ0n) is 12.2. The number of phenols is 1. The summed E-state index contributed by atoms with van der Waals surface area (Å²) in [6.07, 6.45) is 0. The molecule has 0 bridgehead atoms. The highest BCUT2D eigenvalue weighted by Crippen LogP contribution is 2.34. The Kier molecular flexibility index (Phi) is 3.68. The van der Waals surface area contributed by atoms with Crippen LogP contribution in [0.1, 0.15) is 10.4 Å². The van der Waals surface area contributed by atoms with E-state index in [2.05, 4.69) is 4.99 Å². The van der Waals surface area contributed by atoms with Crippen LogP contribution in [0.5, 0.6) is 5.75 Å². The minimum absolute atomic E-state index is 0.181. The molecule has 3 aromatic rings. The van der Waals surface area contributed by atoms with Gasteiger partial charge in [0.1, 0.15) is 5.75 Å². The van der Waals surface area contributed by atoms with Gasteiger partial charge in [-0.25, -0.2) is 0 Å². The van der Waals surface area contributed by atoms with Crippen molar-refractivity contribution >= 4 is 22.6 Å². The normalized spacial score (nSPS) is 10.4. The Hall–Kier alpha value is -3.34. The Balaban J connectivity index is 2.22. The van der Waals surface area contributed by atoms with Crippen LogP contribution in [0.25, 0.3) is 21.9 Å². The fraction of sp³-hybridized carbons (Fsp3) is 0. The molecular weight excluding hydrogens is 290 g/mol. The fourth-order valence-corrected chi connectivity index (χ4v) is 2.52. The summed E-state index contributed by atoms with van der Waals surface area (Å²) in [6.45, 7) is 0. The molecule has 0 unspecified atom stereocenters. The molecular formula is C18H15N3O2. The van der Waals surface area contributed by atoms with Gasteiger partial charge in [0.2, 0.25) is 0 Å². The van der Waals surface area contributed by atoms with Crippen molar-refractivity contribution in [1.82, 2.24) is 0 Å². The Bertz CT molecular complexity index is 928. The van der Waals surface area contributed by atoms with E-state index >= 15 is 0 Å². The van der Waals surface area contributed by atoms with Gasteiger partial charge >= 0.3 is 0 Å². The van der Waals surface area contributed by atoms with E-state index in [-0.39, 0.29) is 11.7 Å². The molecule has 0 radical (unpaired) electrons. The maximum atomic E-state index is 12.0. The van der Waals surface area contributed by atoms with E-state index in [0.717, 1.165) is 16.3 Å². The first kappa shape index (κ1) is 14.6. The van der Waals surface area contributed by atoms with Gasteiger partial charge in [-0.1, -0.05) is 42.5 Å². The SMILES string of the molecule is NC(N)=NC(=O)c1ccc2cccc(-c3ccccc3O)c2c1. The van der Waals surface area contributed by atoms with Crippen molar-refractivity contribution in [2.24, 2.45) is 16.5 Å². The number of nitrogens with two attached hydrogens (primary N) is 2. The first-order valence-electron chi connectivity index (χ1n) is 7.01. The minimum atomic E-state index is -0.501. The van der Waals surface area contributed by atoms with Crippen molar-refractivity contribution in [2.45, 2.75) is 0 Å². The number of hydrogen-bond donors (Lipinski definition) is 3. The molecule has 0 heterocycles. The molecule has 5 heteroatoms. The number of benzene rings is 3. The lowest BCUT2D eigenvalue weighted by Gasteiger charge is -2.09. The summed E-state index contributed by atoms with van der Waals surface area (Å²) in [7, 11) is 0. The molecule has 0 aromatic heterocycles. The van der Waals surface area contributed by atoms with Gasteiger partial charge in [0.05, 0.1) is 0 Å². The van der Waals surface area contributed by atoms with Crippen LogP contribution in [0, 0.1) is 0 Å². The molecule has 0 saturated heterocycles. The third kappa shape index (κ3) is 2.85. The molecule has 0 fully saturated rings. The molecule has 114 valence electrons. The van der Waals surface area contributed by atoms with Gasteiger partial charge in [0.15, 0.2) is 5.96 Å². The van der Waals surface area contributed by atoms with Crippen molar-refractivity contribution in [3.63, 3.8) is 0 Å². The third-order valence-corrected chi connectivity index (χ3v) is 3.55. The predicted octanol–water partition coefficient (Wildman–Crippen LogP) is 2.63. The van der Waals surface area contributed by atoms with Gasteiger partial charge in [-0.2, -0.15) is 4.99 Å². The first-order chi connectivity index (χ1) is 11.1. The molecule has 5 N–H and O–H groups in total. The Morgan fingerprint density at radius 2 is 1.65 bits per heavy atom. The van der Waals surface area contributed by atoms with Gasteiger partial charge in [0.25, 0.3) is 5.91 Å². The molecule has 1 amide bonds. The number of fused-ring (bicyclic) bond motifs is 1. The van der Waals surface area contributed by atoms with E-state index in [9.17, 15) is 9.90 Å². The molecule has 0 aliphatic carbocycles. The van der Waals surface area contributed by atoms with E-state index in [1.165, 1.54) is 0 Å². The van der Waals surface area contributed by atoms with E-state index in [1.807, 2.05) is 36.4 Å². The quantitative estimate of drug-likeness (QED) is 0.500. The van der Waals surface area contributed by atoms with Crippen LogP contribution >= 0.6 is 0 Å². The highest BCUT2D eigenvalue weighted by molar-refractivity contribution is 6.06. The van der Waals surface area contributed by atoms with E-state index in [0.29, 0.717) is 11.1 Å². The van der Waals surface area contributed by atoms with Crippen molar-refractivity contribution in [3.8, 4) is 16.9 Å². The minimum Gasteiger partial charge on any atom is -0.507 e. The number of para-hydroxylation sites is 1. The average molecular weight is 305 g/mol. The van der Waals surface area contributed by atoms with Crippen LogP contribution in [-0.4, -0.2) is 17.0 Å². The van der Waals surface area contributed by atoms with Crippen LogP contribution in [0.15, 0.2) is 65.7 Å². The van der Waals surface area contributed by atoms with Crippen LogP contribution in [0.3, 0.4) is 0 Å². The second kappa shape index (κ2) is 5.81. The summed E-state index contributed by atoms with van der Waals surface area (Å²) < 4.78 is 0. The molecule has 0 spiro atoms. The largest absolute Gasteiger partial charge is 0.507 e. The maximum absolute atomic E-state index is 12.0. The standard InChI is InChI=1S/C18H15N3O2/c19-18(20)21-17(23)12-9-8-11-4-3-6-13(15(11)10-12)14-5-1-2-7-16(14)22/h1-10,22H,(H4,19,20,21,23). The zero-order valence-corrected chi connectivity index (χ0v) is 12.2. The molecule has 0 aliphatic rings. The van der Waals surface area contributed by atoms with Gasteiger partial charge in [-0.05, 0) is 34.5 Å². The summed E-state index contributed by atoms with van der Waals surface area (Å²) in [5.74, 6) is -0.593. The number of hydrogen-bond acceptors (Lipinski definition) is 2. The summed E-state index contributed by atoms with van der Waals surface area (Å²) in [4.78, 5) is 15.6. The lowest BCUT2D eigenvalue weighted by atomic mass is 9.96. The lowest BCUT2D eigenvalue weighted by molar-refractivity contribution is 0.100. The smallest absolute Gasteiger partial charge is 0.280 e. The zero-order chi connectivity index (χ0) is 16.4. The molecule has 0 atom stereocenters. The number of nitrogens with zero attached hydrogens (tertiary/aromatic N) is 1. The first-order valence-corrected chi connectivity index (χ1v) is 7.01. The lowest BCUT2D eigenvalue weighted by Crippen LogP contribution is -2.24. The highest BCUT2D eigenvalue weighted by atomic mass is 16.3. The number of carbonyl (C=O) groups is 1. The van der Waals surface area contributed by atoms with Gasteiger partial charge in [-0.15, -0.1) is 0 Å². The molecule has 3 aromatic carbocycles. The van der Waals surface area contributed by atoms with Gasteiger partial charge < -0.3 is 16.6 Å². The summed E-state index contributed by atoms with van der Waals surface area (Å²) in [5.41, 5.74) is 12.4. The molecule has 0 saturated carbocycles. The Labute approximate surface area is 132 Å². The Morgan fingerprint density at radius 1 is 0.913 bits per heavy atom. The highest BCUT2D eigenvalue weighted by Gasteiger charge is 2.11. The summed E-state index contributed by atoms with van der Waals surface area (Å²) in [5, 5.41) is 11.9. The van der Waals surface area contributed by atoms with E-state index in [1.54, 1.807) is 24.3 Å². The summed E-state index contributed by atoms with van der Waals surface area (Å²) >= 11 is 0. The molecule has 5 nitrogen and oxygen atoms in total. The van der Waals surface area contributed by atoms with Gasteiger partial charge in [-0.3, -0.25) is 4.79 Å². The average Bonchev–Trinajstić information content (AvgIpc) is 2.54. The maximum Gasteiger partial charge on any atom is 0.280 e. The van der Waals surface area contributed by atoms with Crippen LogP contribution in [-0.2, 0) is 0 Å². The van der Waals surface area contributed by atoms with Gasteiger partial charge in [0, 0.05) is 11.1 Å². The monoisotopic (exact) mass is 305 g/mol.